The minimum absolute atomic E-state index is 0.130. The van der Waals surface area contributed by atoms with Gasteiger partial charge in [-0.3, -0.25) is 0 Å². The second-order valence-corrected chi connectivity index (χ2v) is 15.7. The molecule has 0 aliphatic rings. The zero-order chi connectivity index (χ0) is 39.2. The van der Waals surface area contributed by atoms with Crippen LogP contribution in [0.1, 0.15) is 58.1 Å². The van der Waals surface area contributed by atoms with Crippen molar-refractivity contribution in [3.8, 4) is 22.3 Å². The molecule has 0 radical (unpaired) electrons. The lowest BCUT2D eigenvalue weighted by Crippen LogP contribution is -2.19. The maximum Gasteiger partial charge on any atom is 0.0540 e. The van der Waals surface area contributed by atoms with Gasteiger partial charge in [-0.1, -0.05) is 168 Å². The third-order valence-electron chi connectivity index (χ3n) is 11.5. The van der Waals surface area contributed by atoms with Crippen LogP contribution in [0, 0.1) is 0 Å². The summed E-state index contributed by atoms with van der Waals surface area (Å²) in [5, 5.41) is 2.45. The van der Waals surface area contributed by atoms with Crippen molar-refractivity contribution in [2.75, 3.05) is 9.80 Å². The minimum Gasteiger partial charge on any atom is -0.310 e. The summed E-state index contributed by atoms with van der Waals surface area (Å²) in [5.41, 5.74) is 14.8. The Bertz CT molecular complexity index is 2550. The van der Waals surface area contributed by atoms with E-state index in [1.807, 2.05) is 0 Å². The van der Waals surface area contributed by atoms with Crippen LogP contribution in [0.3, 0.4) is 0 Å². The van der Waals surface area contributed by atoms with Crippen LogP contribution in [0.5, 0.6) is 0 Å². The highest BCUT2D eigenvalue weighted by Gasteiger charge is 2.25. The molecule has 0 bridgehead atoms. The molecule has 0 aromatic heterocycles. The Balaban J connectivity index is 1.13. The van der Waals surface area contributed by atoms with Gasteiger partial charge < -0.3 is 9.80 Å². The third kappa shape index (κ3) is 7.86. The van der Waals surface area contributed by atoms with Crippen LogP contribution in [0.25, 0.3) is 33.0 Å². The van der Waals surface area contributed by atoms with E-state index in [9.17, 15) is 0 Å². The van der Waals surface area contributed by atoms with Crippen molar-refractivity contribution in [3.05, 3.63) is 205 Å². The Morgan fingerprint density at radius 1 is 0.439 bits per heavy atom. The van der Waals surface area contributed by atoms with Crippen LogP contribution in [-0.2, 0) is 11.8 Å². The first-order valence-corrected chi connectivity index (χ1v) is 20.6. The average molecular weight is 741 g/mol. The standard InChI is InChI=1S/C55H52N2/c1-5-7-39-55(3,4)53-29-18-28-51(50(53)6-2)44-21-16-26-49(40-44)56(45-22-10-8-11-23-45)47-35-31-41(32-36-47)42-33-37-48(38-34-42)57(46-24-12-9-13-25-46)54-30-17-20-43-19-14-15-27-52(43)54/h8-38,40H,5-7,39H2,1-4H3. The molecule has 0 atom stereocenters. The van der Waals surface area contributed by atoms with Crippen molar-refractivity contribution in [2.45, 2.75) is 58.8 Å². The zero-order valence-electron chi connectivity index (χ0n) is 33.7. The molecule has 0 spiro atoms. The van der Waals surface area contributed by atoms with E-state index in [1.54, 1.807) is 0 Å². The van der Waals surface area contributed by atoms with E-state index in [1.165, 1.54) is 63.4 Å². The summed E-state index contributed by atoms with van der Waals surface area (Å²) in [5.74, 6) is 0. The Kier molecular flexibility index (Phi) is 11.0. The molecule has 0 saturated heterocycles. The molecule has 8 rings (SSSR count). The Labute approximate surface area is 339 Å². The maximum atomic E-state index is 2.41. The molecule has 0 aliphatic heterocycles. The van der Waals surface area contributed by atoms with Crippen molar-refractivity contribution < 1.29 is 0 Å². The number of rotatable bonds is 13. The highest BCUT2D eigenvalue weighted by Crippen LogP contribution is 2.42. The van der Waals surface area contributed by atoms with Crippen molar-refractivity contribution in [1.82, 2.24) is 0 Å². The van der Waals surface area contributed by atoms with Gasteiger partial charge in [-0.15, -0.1) is 0 Å². The zero-order valence-corrected chi connectivity index (χ0v) is 33.7. The molecule has 0 aliphatic carbocycles. The van der Waals surface area contributed by atoms with E-state index in [0.717, 1.165) is 40.5 Å². The molecule has 0 N–H and O–H groups in total. The lowest BCUT2D eigenvalue weighted by atomic mass is 9.75. The van der Waals surface area contributed by atoms with Gasteiger partial charge in [0.2, 0.25) is 0 Å². The Morgan fingerprint density at radius 2 is 0.965 bits per heavy atom. The summed E-state index contributed by atoms with van der Waals surface area (Å²) in [7, 11) is 0. The average Bonchev–Trinajstić information content (AvgIpc) is 3.27. The fourth-order valence-electron chi connectivity index (χ4n) is 8.48. The molecule has 8 aromatic rings. The van der Waals surface area contributed by atoms with Crippen LogP contribution in [0.4, 0.5) is 34.1 Å². The number of hydrogen-bond donors (Lipinski definition) is 0. The van der Waals surface area contributed by atoms with Gasteiger partial charge in [-0.25, -0.2) is 0 Å². The minimum atomic E-state index is 0.130. The number of para-hydroxylation sites is 2. The summed E-state index contributed by atoms with van der Waals surface area (Å²) < 4.78 is 0. The Hall–Kier alpha value is -6.38. The number of hydrogen-bond acceptors (Lipinski definition) is 2. The molecule has 0 fully saturated rings. The van der Waals surface area contributed by atoms with Crippen LogP contribution in [0.15, 0.2) is 194 Å². The molecule has 2 heteroatoms. The van der Waals surface area contributed by atoms with Gasteiger partial charge in [0.15, 0.2) is 0 Å². The van der Waals surface area contributed by atoms with E-state index in [-0.39, 0.29) is 5.41 Å². The summed E-state index contributed by atoms with van der Waals surface area (Å²) >= 11 is 0. The van der Waals surface area contributed by atoms with Crippen molar-refractivity contribution in [1.29, 1.82) is 0 Å². The molecule has 282 valence electrons. The van der Waals surface area contributed by atoms with Gasteiger partial charge in [-0.05, 0) is 124 Å². The van der Waals surface area contributed by atoms with E-state index < -0.39 is 0 Å². The number of fused-ring (bicyclic) bond motifs is 1. The van der Waals surface area contributed by atoms with E-state index in [0.29, 0.717) is 0 Å². The lowest BCUT2D eigenvalue weighted by molar-refractivity contribution is 0.454. The van der Waals surface area contributed by atoms with Gasteiger partial charge in [0.1, 0.15) is 0 Å². The molecule has 2 nitrogen and oxygen atoms in total. The third-order valence-corrected chi connectivity index (χ3v) is 11.5. The number of unbranched alkanes of at least 4 members (excludes halogenated alkanes) is 1. The van der Waals surface area contributed by atoms with Crippen LogP contribution in [-0.4, -0.2) is 0 Å². The summed E-state index contributed by atoms with van der Waals surface area (Å²) in [6.07, 6.45) is 4.66. The van der Waals surface area contributed by atoms with E-state index in [2.05, 4.69) is 232 Å². The largest absolute Gasteiger partial charge is 0.310 e. The van der Waals surface area contributed by atoms with Gasteiger partial charge in [-0.2, -0.15) is 0 Å². The van der Waals surface area contributed by atoms with Crippen molar-refractivity contribution in [2.24, 2.45) is 0 Å². The number of anilines is 6. The van der Waals surface area contributed by atoms with Gasteiger partial charge in [0.05, 0.1) is 5.69 Å². The number of benzene rings is 8. The highest BCUT2D eigenvalue weighted by atomic mass is 15.1. The van der Waals surface area contributed by atoms with Gasteiger partial charge in [0, 0.05) is 33.8 Å². The molecule has 0 unspecified atom stereocenters. The molecule has 57 heavy (non-hydrogen) atoms. The second kappa shape index (κ2) is 16.8. The van der Waals surface area contributed by atoms with E-state index in [4.69, 9.17) is 0 Å². The maximum absolute atomic E-state index is 2.41. The van der Waals surface area contributed by atoms with Gasteiger partial charge >= 0.3 is 0 Å². The smallest absolute Gasteiger partial charge is 0.0540 e. The molecule has 8 aromatic carbocycles. The lowest BCUT2D eigenvalue weighted by Gasteiger charge is -2.30. The molecular weight excluding hydrogens is 689 g/mol. The SMILES string of the molecule is CCCCC(C)(C)c1cccc(-c2cccc(N(c3ccccc3)c3ccc(-c4ccc(N(c5ccccc5)c5cccc6ccccc56)cc4)cc3)c2)c1CC. The highest BCUT2D eigenvalue weighted by molar-refractivity contribution is 5.99. The quantitative estimate of drug-likeness (QED) is 0.116. The molecule has 0 amide bonds. The van der Waals surface area contributed by atoms with Crippen molar-refractivity contribution >= 4 is 44.9 Å². The number of nitrogens with zero attached hydrogens (tertiary/aromatic N) is 2. The van der Waals surface area contributed by atoms with Crippen LogP contribution >= 0.6 is 0 Å². The molecule has 0 saturated carbocycles. The monoisotopic (exact) mass is 740 g/mol. The first-order chi connectivity index (χ1) is 27.9. The predicted octanol–water partition coefficient (Wildman–Crippen LogP) is 16.1. The predicted molar refractivity (Wildman–Crippen MR) is 246 cm³/mol. The van der Waals surface area contributed by atoms with Crippen LogP contribution in [0.2, 0.25) is 0 Å². The van der Waals surface area contributed by atoms with Gasteiger partial charge in [0.25, 0.3) is 0 Å². The molecule has 0 heterocycles. The topological polar surface area (TPSA) is 6.48 Å². The fraction of sp³-hybridized carbons (Fsp3) is 0.164. The summed E-state index contributed by atoms with van der Waals surface area (Å²) in [4.78, 5) is 4.73. The summed E-state index contributed by atoms with van der Waals surface area (Å²) in [6.45, 7) is 9.42. The second-order valence-electron chi connectivity index (χ2n) is 15.7. The Morgan fingerprint density at radius 3 is 1.61 bits per heavy atom. The van der Waals surface area contributed by atoms with E-state index >= 15 is 0 Å². The van der Waals surface area contributed by atoms with Crippen LogP contribution < -0.4 is 9.80 Å². The fourth-order valence-corrected chi connectivity index (χ4v) is 8.48. The van der Waals surface area contributed by atoms with Crippen molar-refractivity contribution in [3.63, 3.8) is 0 Å². The first kappa shape index (κ1) is 37.5. The normalized spacial score (nSPS) is 11.4. The molecular formula is C55H52N2. The summed E-state index contributed by atoms with van der Waals surface area (Å²) in [6, 6.07) is 70.5. The first-order valence-electron chi connectivity index (χ1n) is 20.6.